The summed E-state index contributed by atoms with van der Waals surface area (Å²) in [5.41, 5.74) is 2.21. The molecule has 0 aromatic carbocycles. The van der Waals surface area contributed by atoms with Crippen molar-refractivity contribution in [1.82, 2.24) is 9.97 Å². The lowest BCUT2D eigenvalue weighted by Crippen LogP contribution is -2.16. The second-order valence-electron chi connectivity index (χ2n) is 4.07. The van der Waals surface area contributed by atoms with Crippen molar-refractivity contribution in [2.45, 2.75) is 13.8 Å². The standard InChI is InChI=1S/C14H16N4O/c1-3-16-13-11(5-4-7-17-13)14(19)18-12-6-8-15-9-10(12)2/h4-9H,3H2,1-2H3,(H,16,17)(H,15,18,19). The highest BCUT2D eigenvalue weighted by molar-refractivity contribution is 6.07. The van der Waals surface area contributed by atoms with Gasteiger partial charge >= 0.3 is 0 Å². The Balaban J connectivity index is 2.23. The predicted molar refractivity (Wildman–Crippen MR) is 75.3 cm³/mol. The van der Waals surface area contributed by atoms with Crippen LogP contribution in [0.25, 0.3) is 0 Å². The van der Waals surface area contributed by atoms with E-state index in [2.05, 4.69) is 20.6 Å². The molecule has 0 bridgehead atoms. The molecule has 0 saturated heterocycles. The lowest BCUT2D eigenvalue weighted by atomic mass is 10.2. The third-order valence-corrected chi connectivity index (χ3v) is 2.67. The second-order valence-corrected chi connectivity index (χ2v) is 4.07. The topological polar surface area (TPSA) is 66.9 Å². The first kappa shape index (κ1) is 13.0. The number of hydrogen-bond acceptors (Lipinski definition) is 4. The minimum absolute atomic E-state index is 0.182. The Morgan fingerprint density at radius 1 is 1.32 bits per heavy atom. The van der Waals surface area contributed by atoms with E-state index in [0.29, 0.717) is 17.9 Å². The van der Waals surface area contributed by atoms with Crippen LogP contribution in [-0.4, -0.2) is 22.4 Å². The van der Waals surface area contributed by atoms with Crippen LogP contribution in [0.2, 0.25) is 0 Å². The first-order chi connectivity index (χ1) is 9.22. The van der Waals surface area contributed by atoms with Crippen LogP contribution in [0.4, 0.5) is 11.5 Å². The van der Waals surface area contributed by atoms with Crippen molar-refractivity contribution < 1.29 is 4.79 Å². The van der Waals surface area contributed by atoms with E-state index >= 15 is 0 Å². The smallest absolute Gasteiger partial charge is 0.259 e. The number of pyridine rings is 2. The van der Waals surface area contributed by atoms with Gasteiger partial charge < -0.3 is 10.6 Å². The summed E-state index contributed by atoms with van der Waals surface area (Å²) in [7, 11) is 0. The third-order valence-electron chi connectivity index (χ3n) is 2.67. The summed E-state index contributed by atoms with van der Waals surface area (Å²) in [6.45, 7) is 4.58. The largest absolute Gasteiger partial charge is 0.370 e. The zero-order chi connectivity index (χ0) is 13.7. The molecule has 0 fully saturated rings. The number of hydrogen-bond donors (Lipinski definition) is 2. The molecule has 0 aliphatic heterocycles. The molecule has 98 valence electrons. The van der Waals surface area contributed by atoms with Gasteiger partial charge in [-0.15, -0.1) is 0 Å². The van der Waals surface area contributed by atoms with Crippen molar-refractivity contribution in [2.75, 3.05) is 17.2 Å². The maximum atomic E-state index is 12.3. The molecule has 0 unspecified atom stereocenters. The van der Waals surface area contributed by atoms with Gasteiger partial charge in [0.2, 0.25) is 0 Å². The van der Waals surface area contributed by atoms with Gasteiger partial charge in [0.25, 0.3) is 5.91 Å². The van der Waals surface area contributed by atoms with Crippen LogP contribution in [0.5, 0.6) is 0 Å². The van der Waals surface area contributed by atoms with Crippen molar-refractivity contribution in [2.24, 2.45) is 0 Å². The summed E-state index contributed by atoms with van der Waals surface area (Å²) < 4.78 is 0. The van der Waals surface area contributed by atoms with E-state index in [4.69, 9.17) is 0 Å². The van der Waals surface area contributed by atoms with Crippen LogP contribution >= 0.6 is 0 Å². The van der Waals surface area contributed by atoms with E-state index in [0.717, 1.165) is 11.3 Å². The molecule has 2 rings (SSSR count). The van der Waals surface area contributed by atoms with Crippen molar-refractivity contribution in [3.63, 3.8) is 0 Å². The third kappa shape index (κ3) is 3.07. The van der Waals surface area contributed by atoms with Gasteiger partial charge in [0, 0.05) is 30.8 Å². The maximum absolute atomic E-state index is 12.3. The minimum Gasteiger partial charge on any atom is -0.370 e. The first-order valence-corrected chi connectivity index (χ1v) is 6.13. The van der Waals surface area contributed by atoms with E-state index in [1.54, 1.807) is 36.8 Å². The molecule has 0 aliphatic carbocycles. The summed E-state index contributed by atoms with van der Waals surface area (Å²) in [6.07, 6.45) is 5.02. The molecule has 2 aromatic rings. The molecule has 2 N–H and O–H groups in total. The molecule has 2 heterocycles. The van der Waals surface area contributed by atoms with Gasteiger partial charge in [-0.2, -0.15) is 0 Å². The Bertz CT molecular complexity index is 583. The number of nitrogens with one attached hydrogen (secondary N) is 2. The molecule has 19 heavy (non-hydrogen) atoms. The Morgan fingerprint density at radius 3 is 2.89 bits per heavy atom. The summed E-state index contributed by atoms with van der Waals surface area (Å²) in [4.78, 5) is 20.4. The van der Waals surface area contributed by atoms with Gasteiger partial charge in [-0.05, 0) is 37.6 Å². The Labute approximate surface area is 112 Å². The van der Waals surface area contributed by atoms with E-state index < -0.39 is 0 Å². The van der Waals surface area contributed by atoms with E-state index in [1.807, 2.05) is 13.8 Å². The van der Waals surface area contributed by atoms with Crippen LogP contribution in [0.1, 0.15) is 22.8 Å². The van der Waals surface area contributed by atoms with E-state index in [9.17, 15) is 4.79 Å². The van der Waals surface area contributed by atoms with Crippen molar-refractivity contribution >= 4 is 17.4 Å². The summed E-state index contributed by atoms with van der Waals surface area (Å²) in [6, 6.07) is 5.27. The van der Waals surface area contributed by atoms with Gasteiger partial charge in [-0.25, -0.2) is 4.98 Å². The summed E-state index contributed by atoms with van der Waals surface area (Å²) in [5, 5.41) is 5.94. The predicted octanol–water partition coefficient (Wildman–Crippen LogP) is 2.47. The van der Waals surface area contributed by atoms with Crippen LogP contribution < -0.4 is 10.6 Å². The number of aryl methyl sites for hydroxylation is 1. The van der Waals surface area contributed by atoms with Crippen LogP contribution in [0.15, 0.2) is 36.8 Å². The van der Waals surface area contributed by atoms with Crippen molar-refractivity contribution in [3.05, 3.63) is 47.9 Å². The normalized spacial score (nSPS) is 10.0. The molecule has 0 aliphatic rings. The van der Waals surface area contributed by atoms with E-state index in [1.165, 1.54) is 0 Å². The molecule has 5 heteroatoms. The SMILES string of the molecule is CCNc1ncccc1C(=O)Nc1ccncc1C. The van der Waals surface area contributed by atoms with E-state index in [-0.39, 0.29) is 5.91 Å². The van der Waals surface area contributed by atoms with Crippen LogP contribution in [-0.2, 0) is 0 Å². The number of amides is 1. The Hall–Kier alpha value is -2.43. The maximum Gasteiger partial charge on any atom is 0.259 e. The number of nitrogens with zero attached hydrogens (tertiary/aromatic N) is 2. The molecule has 5 nitrogen and oxygen atoms in total. The number of rotatable bonds is 4. The Kier molecular flexibility index (Phi) is 4.07. The molecular formula is C14H16N4O. The number of carbonyl (C=O) groups is 1. The molecule has 0 saturated carbocycles. The first-order valence-electron chi connectivity index (χ1n) is 6.13. The highest BCUT2D eigenvalue weighted by atomic mass is 16.1. The van der Waals surface area contributed by atoms with Crippen LogP contribution in [0.3, 0.4) is 0 Å². The fourth-order valence-corrected chi connectivity index (χ4v) is 1.70. The number of carbonyl (C=O) groups excluding carboxylic acids is 1. The Morgan fingerprint density at radius 2 is 2.16 bits per heavy atom. The monoisotopic (exact) mass is 256 g/mol. The number of anilines is 2. The van der Waals surface area contributed by atoms with Crippen molar-refractivity contribution in [1.29, 1.82) is 0 Å². The summed E-state index contributed by atoms with van der Waals surface area (Å²) >= 11 is 0. The molecule has 1 amide bonds. The van der Waals surface area contributed by atoms with Crippen molar-refractivity contribution in [3.8, 4) is 0 Å². The fourth-order valence-electron chi connectivity index (χ4n) is 1.70. The van der Waals surface area contributed by atoms with Gasteiger partial charge in [0.05, 0.1) is 5.56 Å². The second kappa shape index (κ2) is 5.95. The molecule has 2 aromatic heterocycles. The zero-order valence-electron chi connectivity index (χ0n) is 11.0. The quantitative estimate of drug-likeness (QED) is 0.881. The molecule has 0 atom stereocenters. The van der Waals surface area contributed by atoms with Crippen LogP contribution in [0, 0.1) is 6.92 Å². The molecule has 0 spiro atoms. The molecule has 0 radical (unpaired) electrons. The van der Waals surface area contributed by atoms with Gasteiger partial charge in [0.1, 0.15) is 5.82 Å². The highest BCUT2D eigenvalue weighted by Gasteiger charge is 2.12. The average molecular weight is 256 g/mol. The van der Waals surface area contributed by atoms with Gasteiger partial charge in [0.15, 0.2) is 0 Å². The fraction of sp³-hybridized carbons (Fsp3) is 0.214. The summed E-state index contributed by atoms with van der Waals surface area (Å²) in [5.74, 6) is 0.410. The zero-order valence-corrected chi connectivity index (χ0v) is 11.0. The lowest BCUT2D eigenvalue weighted by Gasteiger charge is -2.11. The van der Waals surface area contributed by atoms with Gasteiger partial charge in [-0.1, -0.05) is 0 Å². The number of aromatic nitrogens is 2. The lowest BCUT2D eigenvalue weighted by molar-refractivity contribution is 0.102. The minimum atomic E-state index is -0.182. The molecular weight excluding hydrogens is 240 g/mol. The average Bonchev–Trinajstić information content (AvgIpc) is 2.42. The van der Waals surface area contributed by atoms with Gasteiger partial charge in [-0.3, -0.25) is 9.78 Å². The highest BCUT2D eigenvalue weighted by Crippen LogP contribution is 2.16.